The zero-order valence-corrected chi connectivity index (χ0v) is 44.5. The lowest BCUT2D eigenvalue weighted by molar-refractivity contribution is 0.0370. The van der Waals surface area contributed by atoms with Gasteiger partial charge in [-0.05, 0) is 136 Å². The molecular weight excluding hydrogens is 725 g/mol. The van der Waals surface area contributed by atoms with E-state index in [0.29, 0.717) is 41.3 Å². The van der Waals surface area contributed by atoms with Crippen molar-refractivity contribution in [1.82, 2.24) is 0 Å². The Morgan fingerprint density at radius 1 is 0.517 bits per heavy atom. The topological polar surface area (TPSA) is 142 Å². The molecule has 0 radical (unpaired) electrons. The summed E-state index contributed by atoms with van der Waals surface area (Å²) in [5, 5.41) is 62.7. The summed E-state index contributed by atoms with van der Waals surface area (Å²) in [4.78, 5) is 0. The molecule has 0 spiro atoms. The molecule has 0 aromatic rings. The maximum atomic E-state index is 9.46. The van der Waals surface area contributed by atoms with Crippen LogP contribution in [0.25, 0.3) is 0 Å². The van der Waals surface area contributed by atoms with Gasteiger partial charge in [-0.15, -0.1) is 0 Å². The van der Waals surface area contributed by atoms with E-state index >= 15 is 0 Å². The number of rotatable bonds is 10. The lowest BCUT2D eigenvalue weighted by Crippen LogP contribution is -2.25. The third-order valence-corrected chi connectivity index (χ3v) is 8.64. The third-order valence-electron chi connectivity index (χ3n) is 8.64. The van der Waals surface area contributed by atoms with E-state index in [4.69, 9.17) is 20.4 Å². The van der Waals surface area contributed by atoms with Crippen LogP contribution in [0.15, 0.2) is 0 Å². The van der Waals surface area contributed by atoms with Gasteiger partial charge in [0.15, 0.2) is 0 Å². The molecule has 0 amide bonds. The molecule has 7 N–H and O–H groups in total. The van der Waals surface area contributed by atoms with Crippen molar-refractivity contribution < 1.29 is 35.7 Å². The summed E-state index contributed by atoms with van der Waals surface area (Å²) >= 11 is 0. The Labute approximate surface area is 366 Å². The monoisotopic (exact) mass is 839 g/mol. The standard InChI is InChI=1S/C8H16O.2C8H18O.3C7H16O.C6H14O/c1-7(2,3)6-8(9)4-5-8;1-7(2,3)6-8(4,5)9;1-5-7(9)6-8(2,3)4;1-6(8)5-7(2,3)4;1-7(2,3)5-4-6-8;1-5(2)6(3)7(4)8;1-6(2,3)4-5-7/h9H,4-6H2,1-3H3;9H,6H2,1-5H3;7,9H,5-6H2,1-4H3;6,8H,5H2,1-4H3;8H,4-6H2,1-3H3;5-8H,1-4H3;7H,4-5H2,1-3H3. The molecule has 1 aliphatic rings. The highest BCUT2D eigenvalue weighted by Gasteiger charge is 2.42. The minimum Gasteiger partial charge on any atom is -0.396 e. The van der Waals surface area contributed by atoms with E-state index in [1.807, 2.05) is 34.6 Å². The van der Waals surface area contributed by atoms with Gasteiger partial charge in [-0.3, -0.25) is 0 Å². The molecule has 1 saturated carbocycles. The first kappa shape index (κ1) is 69.4. The number of aliphatic hydroxyl groups is 7. The Morgan fingerprint density at radius 3 is 0.948 bits per heavy atom. The second-order valence-electron chi connectivity index (χ2n) is 25.7. The summed E-state index contributed by atoms with van der Waals surface area (Å²) in [5.41, 5.74) is 0.987. The predicted molar refractivity (Wildman–Crippen MR) is 257 cm³/mol. The molecule has 0 saturated heterocycles. The maximum absolute atomic E-state index is 9.46. The van der Waals surface area contributed by atoms with Gasteiger partial charge >= 0.3 is 0 Å². The van der Waals surface area contributed by atoms with Crippen molar-refractivity contribution in [3.8, 4) is 0 Å². The third kappa shape index (κ3) is 79.8. The van der Waals surface area contributed by atoms with Crippen molar-refractivity contribution in [2.75, 3.05) is 13.2 Å². The van der Waals surface area contributed by atoms with Crippen molar-refractivity contribution in [2.24, 2.45) is 44.3 Å². The van der Waals surface area contributed by atoms with Crippen LogP contribution in [0.4, 0.5) is 0 Å². The maximum Gasteiger partial charge on any atom is 0.0655 e. The van der Waals surface area contributed by atoms with Gasteiger partial charge in [-0.2, -0.15) is 0 Å². The lowest BCUT2D eigenvalue weighted by atomic mass is 9.84. The minimum atomic E-state index is -0.516. The molecule has 1 rings (SSSR count). The van der Waals surface area contributed by atoms with Crippen LogP contribution < -0.4 is 0 Å². The smallest absolute Gasteiger partial charge is 0.0655 e. The fourth-order valence-electron chi connectivity index (χ4n) is 5.85. The Bertz CT molecular complexity index is 843. The first-order valence-electron chi connectivity index (χ1n) is 22.9. The van der Waals surface area contributed by atoms with Crippen LogP contribution in [0.3, 0.4) is 0 Å². The molecule has 4 unspecified atom stereocenters. The zero-order chi connectivity index (χ0) is 48.4. The van der Waals surface area contributed by atoms with E-state index in [1.165, 1.54) is 0 Å². The Kier molecular flexibility index (Phi) is 37.8. The van der Waals surface area contributed by atoms with Gasteiger partial charge in [0.25, 0.3) is 0 Å². The minimum absolute atomic E-state index is 0.106. The van der Waals surface area contributed by atoms with E-state index in [0.717, 1.165) is 64.2 Å². The number of hydrogen-bond donors (Lipinski definition) is 7. The van der Waals surface area contributed by atoms with Crippen molar-refractivity contribution in [1.29, 1.82) is 0 Å². The van der Waals surface area contributed by atoms with E-state index in [2.05, 4.69) is 145 Å². The highest BCUT2D eigenvalue weighted by Crippen LogP contribution is 2.44. The summed E-state index contributed by atoms with van der Waals surface area (Å²) in [6, 6.07) is 0. The zero-order valence-electron chi connectivity index (χ0n) is 44.5. The lowest BCUT2D eigenvalue weighted by Gasteiger charge is -2.27. The summed E-state index contributed by atoms with van der Waals surface area (Å²) in [5.74, 6) is 1.02. The van der Waals surface area contributed by atoms with E-state index in [1.54, 1.807) is 0 Å². The van der Waals surface area contributed by atoms with E-state index in [-0.39, 0.29) is 40.2 Å². The number of hydrogen-bond acceptors (Lipinski definition) is 7. The molecular formula is C51H114O7. The van der Waals surface area contributed by atoms with Gasteiger partial charge in [0.05, 0.1) is 29.5 Å². The van der Waals surface area contributed by atoms with Gasteiger partial charge in [-0.25, -0.2) is 0 Å². The number of aliphatic hydroxyl groups excluding tert-OH is 5. The van der Waals surface area contributed by atoms with E-state index < -0.39 is 5.60 Å². The van der Waals surface area contributed by atoms with Gasteiger partial charge in [0.1, 0.15) is 0 Å². The summed E-state index contributed by atoms with van der Waals surface area (Å²) in [6.45, 7) is 54.9. The van der Waals surface area contributed by atoms with Gasteiger partial charge in [0.2, 0.25) is 0 Å². The first-order chi connectivity index (χ1) is 25.2. The second-order valence-corrected chi connectivity index (χ2v) is 25.7. The van der Waals surface area contributed by atoms with Crippen molar-refractivity contribution >= 4 is 0 Å². The van der Waals surface area contributed by atoms with Crippen LogP contribution in [-0.2, 0) is 0 Å². The summed E-state index contributed by atoms with van der Waals surface area (Å²) in [7, 11) is 0. The fraction of sp³-hybridized carbons (Fsp3) is 1.00. The average Bonchev–Trinajstić information content (AvgIpc) is 3.62. The molecule has 1 aliphatic carbocycles. The molecule has 7 nitrogen and oxygen atoms in total. The van der Waals surface area contributed by atoms with Gasteiger partial charge < -0.3 is 35.7 Å². The quantitative estimate of drug-likeness (QED) is 0.116. The van der Waals surface area contributed by atoms with Crippen LogP contribution in [0.1, 0.15) is 244 Å². The molecule has 360 valence electrons. The summed E-state index contributed by atoms with van der Waals surface area (Å²) in [6.07, 6.45) is 9.03. The largest absolute Gasteiger partial charge is 0.396 e. The highest BCUT2D eigenvalue weighted by atomic mass is 16.3. The van der Waals surface area contributed by atoms with Gasteiger partial charge in [0, 0.05) is 13.2 Å². The SMILES string of the molecule is CC(C)(C)CC(C)(C)O.CC(C)(C)CC1(O)CC1.CC(C)(C)CCCO.CC(C)(C)CCO.CC(C)C(C)C(C)O.CC(O)CC(C)(C)C.CCC(O)CC(C)(C)C. The van der Waals surface area contributed by atoms with Gasteiger partial charge in [-0.1, -0.05) is 152 Å². The first-order valence-corrected chi connectivity index (χ1v) is 22.9. The molecule has 1 fully saturated rings. The highest BCUT2D eigenvalue weighted by molar-refractivity contribution is 4.96. The normalized spacial score (nSPS) is 16.2. The van der Waals surface area contributed by atoms with Crippen LogP contribution in [0.5, 0.6) is 0 Å². The molecule has 4 atom stereocenters. The molecule has 0 aromatic heterocycles. The van der Waals surface area contributed by atoms with Crippen LogP contribution in [-0.4, -0.2) is 78.5 Å². The molecule has 58 heavy (non-hydrogen) atoms. The molecule has 0 bridgehead atoms. The fourth-order valence-corrected chi connectivity index (χ4v) is 5.85. The van der Waals surface area contributed by atoms with Crippen molar-refractivity contribution in [2.45, 2.75) is 274 Å². The molecule has 0 aliphatic heterocycles. The Hall–Kier alpha value is -0.280. The Morgan fingerprint density at radius 2 is 0.897 bits per heavy atom. The van der Waals surface area contributed by atoms with Crippen LogP contribution >= 0.6 is 0 Å². The predicted octanol–water partition coefficient (Wildman–Crippen LogP) is 13.0. The second kappa shape index (κ2) is 31.5. The molecule has 7 heteroatoms. The van der Waals surface area contributed by atoms with Crippen molar-refractivity contribution in [3.63, 3.8) is 0 Å². The van der Waals surface area contributed by atoms with Crippen LogP contribution in [0, 0.1) is 44.3 Å². The summed E-state index contributed by atoms with van der Waals surface area (Å²) < 4.78 is 0. The van der Waals surface area contributed by atoms with Crippen molar-refractivity contribution in [3.05, 3.63) is 0 Å². The molecule has 0 heterocycles. The average molecular weight is 839 g/mol. The van der Waals surface area contributed by atoms with E-state index in [9.17, 15) is 15.3 Å². The molecule has 0 aromatic carbocycles. The Balaban J connectivity index is -0.000000136. The van der Waals surface area contributed by atoms with Crippen LogP contribution in [0.2, 0.25) is 0 Å².